The van der Waals surface area contributed by atoms with E-state index >= 15 is 0 Å². The van der Waals surface area contributed by atoms with Crippen LogP contribution >= 0.6 is 11.3 Å². The van der Waals surface area contributed by atoms with Gasteiger partial charge in [0, 0.05) is 16.8 Å². The summed E-state index contributed by atoms with van der Waals surface area (Å²) in [6, 6.07) is 12.0. The van der Waals surface area contributed by atoms with E-state index < -0.39 is 5.54 Å². The van der Waals surface area contributed by atoms with Crippen LogP contribution < -0.4 is 10.5 Å². The van der Waals surface area contributed by atoms with Crippen LogP contribution in [0.1, 0.15) is 35.1 Å². The van der Waals surface area contributed by atoms with Gasteiger partial charge in [0.15, 0.2) is 0 Å². The van der Waals surface area contributed by atoms with Gasteiger partial charge in [0.2, 0.25) is 0 Å². The molecule has 1 aromatic carbocycles. The molecule has 0 spiro atoms. The Morgan fingerprint density at radius 3 is 2.88 bits per heavy atom. The van der Waals surface area contributed by atoms with E-state index in [1.54, 1.807) is 18.4 Å². The first-order chi connectivity index (χ1) is 12.5. The van der Waals surface area contributed by atoms with Crippen LogP contribution in [0.3, 0.4) is 0 Å². The van der Waals surface area contributed by atoms with Crippen molar-refractivity contribution < 1.29 is 14.6 Å². The third kappa shape index (κ3) is 7.19. The van der Waals surface area contributed by atoms with Crippen molar-refractivity contribution in [3.63, 3.8) is 0 Å². The third-order valence-electron chi connectivity index (χ3n) is 3.95. The number of aliphatic hydroxyl groups is 1. The molecular weight excluding hydrogens is 346 g/mol. The highest BCUT2D eigenvalue weighted by atomic mass is 32.1. The maximum Gasteiger partial charge on any atom is 0.119 e. The summed E-state index contributed by atoms with van der Waals surface area (Å²) in [6.07, 6.45) is 2.32. The fraction of sp³-hybridized carbons (Fsp3) is 0.429. The number of rotatable bonds is 9. The summed E-state index contributed by atoms with van der Waals surface area (Å²) in [5, 5.41) is 9.20. The zero-order valence-corrected chi connectivity index (χ0v) is 16.3. The largest absolute Gasteiger partial charge is 0.497 e. The predicted octanol–water partition coefficient (Wildman–Crippen LogP) is 3.36. The Morgan fingerprint density at radius 1 is 1.27 bits per heavy atom. The van der Waals surface area contributed by atoms with Crippen molar-refractivity contribution in [2.45, 2.75) is 38.3 Å². The number of methoxy groups -OCH3 is 1. The number of ether oxygens (including phenoxy) is 2. The predicted molar refractivity (Wildman–Crippen MR) is 106 cm³/mol. The summed E-state index contributed by atoms with van der Waals surface area (Å²) in [5.41, 5.74) is 6.54. The van der Waals surface area contributed by atoms with Gasteiger partial charge in [0.1, 0.15) is 5.75 Å². The van der Waals surface area contributed by atoms with Gasteiger partial charge in [-0.2, -0.15) is 0 Å². The van der Waals surface area contributed by atoms with Crippen molar-refractivity contribution in [2.24, 2.45) is 5.73 Å². The van der Waals surface area contributed by atoms with Gasteiger partial charge in [-0.3, -0.25) is 0 Å². The zero-order valence-electron chi connectivity index (χ0n) is 15.5. The first-order valence-corrected chi connectivity index (χ1v) is 9.52. The Labute approximate surface area is 160 Å². The second-order valence-corrected chi connectivity index (χ2v) is 7.70. The molecule has 0 aliphatic heterocycles. The van der Waals surface area contributed by atoms with Crippen LogP contribution in [-0.2, 0) is 17.8 Å². The van der Waals surface area contributed by atoms with E-state index in [1.807, 2.05) is 37.3 Å². The molecule has 0 amide bonds. The number of thiophene rings is 1. The summed E-state index contributed by atoms with van der Waals surface area (Å²) < 4.78 is 10.9. The lowest BCUT2D eigenvalue weighted by molar-refractivity contribution is 0.126. The molecule has 2 aromatic rings. The van der Waals surface area contributed by atoms with Gasteiger partial charge in [-0.25, -0.2) is 0 Å². The Bertz CT molecular complexity index is 743. The Morgan fingerprint density at radius 2 is 2.12 bits per heavy atom. The van der Waals surface area contributed by atoms with Crippen LogP contribution in [0.4, 0.5) is 0 Å². The van der Waals surface area contributed by atoms with E-state index in [1.165, 1.54) is 4.88 Å². The minimum atomic E-state index is -0.518. The fourth-order valence-electron chi connectivity index (χ4n) is 2.29. The van der Waals surface area contributed by atoms with Gasteiger partial charge in [0.05, 0.1) is 31.8 Å². The van der Waals surface area contributed by atoms with Crippen LogP contribution in [0, 0.1) is 11.8 Å². The Hall–Kier alpha value is -1.84. The van der Waals surface area contributed by atoms with E-state index in [2.05, 4.69) is 17.9 Å². The standard InChI is InChI=1S/C21H27NO3S/c1-21(22,16-23)12-11-20-10-9-19(26-20)8-3-4-13-25-15-17-6-5-7-18(14-17)24-2/h5-7,9-10,14,23H,4,11-13,15-16,22H2,1-2H3. The fourth-order valence-corrected chi connectivity index (χ4v) is 3.17. The number of aryl methyl sites for hydroxylation is 1. The quantitative estimate of drug-likeness (QED) is 0.523. The average Bonchev–Trinajstić information content (AvgIpc) is 3.11. The van der Waals surface area contributed by atoms with Gasteiger partial charge in [-0.1, -0.05) is 24.0 Å². The minimum Gasteiger partial charge on any atom is -0.497 e. The van der Waals surface area contributed by atoms with Crippen molar-refractivity contribution in [3.8, 4) is 17.6 Å². The molecule has 0 radical (unpaired) electrons. The highest BCUT2D eigenvalue weighted by molar-refractivity contribution is 7.12. The minimum absolute atomic E-state index is 0.000794. The molecule has 0 fully saturated rings. The summed E-state index contributed by atoms with van der Waals surface area (Å²) in [7, 11) is 1.66. The van der Waals surface area contributed by atoms with Gasteiger partial charge in [0.25, 0.3) is 0 Å². The Balaban J connectivity index is 1.70. The monoisotopic (exact) mass is 373 g/mol. The molecule has 0 bridgehead atoms. The molecule has 5 heteroatoms. The second kappa shape index (κ2) is 10.3. The van der Waals surface area contributed by atoms with Crippen LogP contribution in [0.2, 0.25) is 0 Å². The molecule has 0 saturated carbocycles. The highest BCUT2D eigenvalue weighted by Crippen LogP contribution is 2.19. The number of hydrogen-bond donors (Lipinski definition) is 2. The first kappa shape index (κ1) is 20.5. The van der Waals surface area contributed by atoms with Gasteiger partial charge in [-0.05, 0) is 49.6 Å². The van der Waals surface area contributed by atoms with Crippen LogP contribution in [0.25, 0.3) is 0 Å². The SMILES string of the molecule is COc1cccc(COCCC#Cc2ccc(CCC(C)(N)CO)s2)c1. The van der Waals surface area contributed by atoms with E-state index in [9.17, 15) is 5.11 Å². The van der Waals surface area contributed by atoms with Crippen molar-refractivity contribution in [3.05, 3.63) is 51.7 Å². The maximum atomic E-state index is 9.20. The van der Waals surface area contributed by atoms with Crippen LogP contribution in [-0.4, -0.2) is 31.0 Å². The molecule has 0 aliphatic rings. The van der Waals surface area contributed by atoms with Crippen LogP contribution in [0.15, 0.2) is 36.4 Å². The molecule has 0 aliphatic carbocycles. The van der Waals surface area contributed by atoms with Gasteiger partial charge in [-0.15, -0.1) is 11.3 Å². The summed E-state index contributed by atoms with van der Waals surface area (Å²) in [5.74, 6) is 7.18. The van der Waals surface area contributed by atoms with E-state index in [-0.39, 0.29) is 6.61 Å². The molecular formula is C21H27NO3S. The molecule has 1 heterocycles. The normalized spacial score (nSPS) is 12.9. The first-order valence-electron chi connectivity index (χ1n) is 8.70. The van der Waals surface area contributed by atoms with E-state index in [0.717, 1.165) is 29.0 Å². The number of aliphatic hydroxyl groups excluding tert-OH is 1. The molecule has 1 unspecified atom stereocenters. The molecule has 0 saturated heterocycles. The second-order valence-electron chi connectivity index (χ2n) is 6.53. The van der Waals surface area contributed by atoms with Gasteiger partial charge >= 0.3 is 0 Å². The number of nitrogens with two attached hydrogens (primary N) is 1. The highest BCUT2D eigenvalue weighted by Gasteiger charge is 2.16. The van der Waals surface area contributed by atoms with E-state index in [0.29, 0.717) is 19.6 Å². The molecule has 2 rings (SSSR count). The molecule has 1 atom stereocenters. The summed E-state index contributed by atoms with van der Waals surface area (Å²) in [4.78, 5) is 2.30. The molecule has 26 heavy (non-hydrogen) atoms. The van der Waals surface area contributed by atoms with Crippen LogP contribution in [0.5, 0.6) is 5.75 Å². The molecule has 1 aromatic heterocycles. The van der Waals surface area contributed by atoms with Crippen molar-refractivity contribution in [1.82, 2.24) is 0 Å². The van der Waals surface area contributed by atoms with Crippen molar-refractivity contribution in [1.29, 1.82) is 0 Å². The lowest BCUT2D eigenvalue weighted by Gasteiger charge is -2.20. The number of benzene rings is 1. The van der Waals surface area contributed by atoms with Crippen molar-refractivity contribution in [2.75, 3.05) is 20.3 Å². The van der Waals surface area contributed by atoms with Gasteiger partial charge < -0.3 is 20.3 Å². The molecule has 140 valence electrons. The summed E-state index contributed by atoms with van der Waals surface area (Å²) in [6.45, 7) is 3.03. The number of hydrogen-bond acceptors (Lipinski definition) is 5. The molecule has 4 nitrogen and oxygen atoms in total. The lowest BCUT2D eigenvalue weighted by Crippen LogP contribution is -2.40. The zero-order chi connectivity index (χ0) is 18.8. The summed E-state index contributed by atoms with van der Waals surface area (Å²) >= 11 is 1.68. The topological polar surface area (TPSA) is 64.7 Å². The third-order valence-corrected chi connectivity index (χ3v) is 5.01. The maximum absolute atomic E-state index is 9.20. The lowest BCUT2D eigenvalue weighted by atomic mass is 9.98. The average molecular weight is 374 g/mol. The Kier molecular flexibility index (Phi) is 8.14. The van der Waals surface area contributed by atoms with Crippen molar-refractivity contribution >= 4 is 11.3 Å². The van der Waals surface area contributed by atoms with E-state index in [4.69, 9.17) is 15.2 Å². The molecule has 3 N–H and O–H groups in total. The smallest absolute Gasteiger partial charge is 0.119 e.